The van der Waals surface area contributed by atoms with Gasteiger partial charge in [-0.1, -0.05) is 22.9 Å². The number of rotatable bonds is 5. The van der Waals surface area contributed by atoms with Gasteiger partial charge in [-0.15, -0.1) is 0 Å². The van der Waals surface area contributed by atoms with Crippen LogP contribution in [0.2, 0.25) is 0 Å². The second kappa shape index (κ2) is 6.47. The van der Waals surface area contributed by atoms with Gasteiger partial charge in [-0.3, -0.25) is 0 Å². The Morgan fingerprint density at radius 3 is 2.74 bits per heavy atom. The summed E-state index contributed by atoms with van der Waals surface area (Å²) in [6, 6.07) is 7.07. The van der Waals surface area contributed by atoms with E-state index in [0.29, 0.717) is 11.7 Å². The maximum absolute atomic E-state index is 13.6. The zero-order valence-electron chi connectivity index (χ0n) is 10.4. The van der Waals surface area contributed by atoms with E-state index in [4.69, 9.17) is 4.74 Å². The standard InChI is InChI=1S/C13H13BrFN3O/c1-2-7-16-13-17-8-11(15)12(18-13)19-10-5-3-9(14)4-6-10/h3-6,8H,2,7H2,1H3,(H,16,17,18). The Bertz CT molecular complexity index is 548. The van der Waals surface area contributed by atoms with E-state index in [2.05, 4.69) is 31.2 Å². The van der Waals surface area contributed by atoms with E-state index in [0.717, 1.165) is 23.6 Å². The Morgan fingerprint density at radius 1 is 1.32 bits per heavy atom. The molecule has 1 heterocycles. The van der Waals surface area contributed by atoms with Crippen molar-refractivity contribution in [3.05, 3.63) is 40.8 Å². The van der Waals surface area contributed by atoms with Crippen molar-refractivity contribution in [1.82, 2.24) is 9.97 Å². The van der Waals surface area contributed by atoms with Crippen molar-refractivity contribution in [3.63, 3.8) is 0 Å². The summed E-state index contributed by atoms with van der Waals surface area (Å²) < 4.78 is 19.9. The van der Waals surface area contributed by atoms with E-state index < -0.39 is 5.82 Å². The Kier molecular flexibility index (Phi) is 4.68. The molecule has 100 valence electrons. The zero-order chi connectivity index (χ0) is 13.7. The van der Waals surface area contributed by atoms with Crippen molar-refractivity contribution in [2.24, 2.45) is 0 Å². The van der Waals surface area contributed by atoms with E-state index >= 15 is 0 Å². The van der Waals surface area contributed by atoms with Crippen molar-refractivity contribution in [1.29, 1.82) is 0 Å². The Hall–Kier alpha value is -1.69. The number of nitrogens with one attached hydrogen (secondary N) is 1. The van der Waals surface area contributed by atoms with Crippen LogP contribution in [0.4, 0.5) is 10.3 Å². The Balaban J connectivity index is 2.16. The highest BCUT2D eigenvalue weighted by Crippen LogP contribution is 2.24. The molecule has 6 heteroatoms. The fourth-order valence-corrected chi connectivity index (χ4v) is 1.62. The van der Waals surface area contributed by atoms with Crippen LogP contribution in [0, 0.1) is 5.82 Å². The van der Waals surface area contributed by atoms with Gasteiger partial charge < -0.3 is 10.1 Å². The van der Waals surface area contributed by atoms with E-state index in [9.17, 15) is 4.39 Å². The van der Waals surface area contributed by atoms with Crippen LogP contribution >= 0.6 is 15.9 Å². The van der Waals surface area contributed by atoms with Crippen LogP contribution < -0.4 is 10.1 Å². The summed E-state index contributed by atoms with van der Waals surface area (Å²) in [5.41, 5.74) is 0. The third-order valence-electron chi connectivity index (χ3n) is 2.27. The van der Waals surface area contributed by atoms with Gasteiger partial charge in [0.15, 0.2) is 0 Å². The van der Waals surface area contributed by atoms with Crippen LogP contribution in [-0.4, -0.2) is 16.5 Å². The van der Waals surface area contributed by atoms with Crippen LogP contribution in [0.1, 0.15) is 13.3 Å². The average molecular weight is 326 g/mol. The molecule has 0 aliphatic heterocycles. The zero-order valence-corrected chi connectivity index (χ0v) is 11.9. The topological polar surface area (TPSA) is 47.0 Å². The molecule has 0 radical (unpaired) electrons. The molecule has 1 N–H and O–H groups in total. The lowest BCUT2D eigenvalue weighted by atomic mass is 10.3. The molecule has 0 amide bonds. The molecule has 2 rings (SSSR count). The van der Waals surface area contributed by atoms with E-state index in [-0.39, 0.29) is 5.88 Å². The molecule has 19 heavy (non-hydrogen) atoms. The molecule has 0 aliphatic rings. The number of aromatic nitrogens is 2. The first-order valence-corrected chi connectivity index (χ1v) is 6.68. The van der Waals surface area contributed by atoms with Crippen LogP contribution in [-0.2, 0) is 0 Å². The van der Waals surface area contributed by atoms with Crippen molar-refractivity contribution in [2.75, 3.05) is 11.9 Å². The highest BCUT2D eigenvalue weighted by molar-refractivity contribution is 9.10. The summed E-state index contributed by atoms with van der Waals surface area (Å²) in [6.45, 7) is 2.75. The Morgan fingerprint density at radius 2 is 2.05 bits per heavy atom. The molecule has 0 bridgehead atoms. The van der Waals surface area contributed by atoms with Gasteiger partial charge in [0.25, 0.3) is 5.88 Å². The molecule has 2 aromatic rings. The van der Waals surface area contributed by atoms with Crippen LogP contribution in [0.15, 0.2) is 34.9 Å². The molecule has 0 fully saturated rings. The Labute approximate surface area is 119 Å². The summed E-state index contributed by atoms with van der Waals surface area (Å²) in [6.07, 6.45) is 2.03. The third kappa shape index (κ3) is 3.89. The molecule has 4 nitrogen and oxygen atoms in total. The maximum atomic E-state index is 13.6. The van der Waals surface area contributed by atoms with E-state index in [1.54, 1.807) is 12.1 Å². The minimum Gasteiger partial charge on any atom is -0.436 e. The normalized spacial score (nSPS) is 10.3. The first-order chi connectivity index (χ1) is 9.19. The number of hydrogen-bond donors (Lipinski definition) is 1. The van der Waals surface area contributed by atoms with Crippen LogP contribution in [0.3, 0.4) is 0 Å². The largest absolute Gasteiger partial charge is 0.436 e. The predicted molar refractivity (Wildman–Crippen MR) is 75.0 cm³/mol. The second-order valence-electron chi connectivity index (χ2n) is 3.83. The predicted octanol–water partition coefficient (Wildman–Crippen LogP) is 3.99. The molecule has 0 saturated heterocycles. The minimum absolute atomic E-state index is 0.0871. The summed E-state index contributed by atoms with van der Waals surface area (Å²) in [5, 5.41) is 2.98. The number of anilines is 1. The molecule has 1 aromatic heterocycles. The van der Waals surface area contributed by atoms with E-state index in [1.165, 1.54) is 0 Å². The van der Waals surface area contributed by atoms with Gasteiger partial charge in [-0.25, -0.2) is 4.98 Å². The van der Waals surface area contributed by atoms with Crippen LogP contribution in [0.25, 0.3) is 0 Å². The average Bonchev–Trinajstić information content (AvgIpc) is 2.42. The van der Waals surface area contributed by atoms with Gasteiger partial charge in [0.1, 0.15) is 5.75 Å². The lowest BCUT2D eigenvalue weighted by molar-refractivity contribution is 0.420. The van der Waals surface area contributed by atoms with Gasteiger partial charge in [0.05, 0.1) is 6.20 Å². The smallest absolute Gasteiger partial charge is 0.260 e. The van der Waals surface area contributed by atoms with Gasteiger partial charge in [-0.05, 0) is 30.7 Å². The second-order valence-corrected chi connectivity index (χ2v) is 4.75. The van der Waals surface area contributed by atoms with Crippen LogP contribution in [0.5, 0.6) is 11.6 Å². The maximum Gasteiger partial charge on any atom is 0.260 e. The lowest BCUT2D eigenvalue weighted by Crippen LogP contribution is -2.05. The van der Waals surface area contributed by atoms with Crippen molar-refractivity contribution in [3.8, 4) is 11.6 Å². The monoisotopic (exact) mass is 325 g/mol. The van der Waals surface area contributed by atoms with Gasteiger partial charge in [0.2, 0.25) is 11.8 Å². The summed E-state index contributed by atoms with van der Waals surface area (Å²) in [4.78, 5) is 7.84. The number of nitrogens with zero attached hydrogens (tertiary/aromatic N) is 2. The SMILES string of the molecule is CCCNc1ncc(F)c(Oc2ccc(Br)cc2)n1. The molecule has 0 unspecified atom stereocenters. The third-order valence-corrected chi connectivity index (χ3v) is 2.80. The molecular formula is C13H13BrFN3O. The number of halogens is 2. The summed E-state index contributed by atoms with van der Waals surface area (Å²) in [5.74, 6) is 0.193. The number of benzene rings is 1. The molecule has 0 spiro atoms. The minimum atomic E-state index is -0.593. The highest BCUT2D eigenvalue weighted by atomic mass is 79.9. The highest BCUT2D eigenvalue weighted by Gasteiger charge is 2.09. The summed E-state index contributed by atoms with van der Waals surface area (Å²) in [7, 11) is 0. The van der Waals surface area contributed by atoms with E-state index in [1.807, 2.05) is 19.1 Å². The van der Waals surface area contributed by atoms with Crippen molar-refractivity contribution >= 4 is 21.9 Å². The quantitative estimate of drug-likeness (QED) is 0.902. The first kappa shape index (κ1) is 13.7. The van der Waals surface area contributed by atoms with Crippen molar-refractivity contribution < 1.29 is 9.13 Å². The molecule has 1 aromatic carbocycles. The molecule has 0 aliphatic carbocycles. The lowest BCUT2D eigenvalue weighted by Gasteiger charge is -2.08. The van der Waals surface area contributed by atoms with Gasteiger partial charge >= 0.3 is 0 Å². The molecular weight excluding hydrogens is 313 g/mol. The fraction of sp³-hybridized carbons (Fsp3) is 0.231. The van der Waals surface area contributed by atoms with Crippen molar-refractivity contribution in [2.45, 2.75) is 13.3 Å². The van der Waals surface area contributed by atoms with Gasteiger partial charge in [0, 0.05) is 11.0 Å². The first-order valence-electron chi connectivity index (χ1n) is 5.89. The fourth-order valence-electron chi connectivity index (χ4n) is 1.36. The molecule has 0 atom stereocenters. The number of ether oxygens (including phenoxy) is 1. The molecule has 0 saturated carbocycles. The van der Waals surface area contributed by atoms with Gasteiger partial charge in [-0.2, -0.15) is 9.37 Å². The summed E-state index contributed by atoms with van der Waals surface area (Å²) >= 11 is 3.32. The number of hydrogen-bond acceptors (Lipinski definition) is 4.